The third kappa shape index (κ3) is 6.06. The molecule has 3 aromatic carbocycles. The van der Waals surface area contributed by atoms with E-state index in [1.807, 2.05) is 30.3 Å². The highest BCUT2D eigenvalue weighted by Crippen LogP contribution is 2.16. The van der Waals surface area contributed by atoms with Gasteiger partial charge in [0.05, 0.1) is 6.54 Å². The number of para-hydroxylation sites is 1. The fourth-order valence-corrected chi connectivity index (χ4v) is 3.81. The molecule has 35 heavy (non-hydrogen) atoms. The number of halogens is 1. The van der Waals surface area contributed by atoms with Crippen molar-refractivity contribution >= 4 is 42.4 Å². The van der Waals surface area contributed by atoms with Crippen LogP contribution in [0.3, 0.4) is 0 Å². The summed E-state index contributed by atoms with van der Waals surface area (Å²) in [5.41, 5.74) is 2.55. The summed E-state index contributed by atoms with van der Waals surface area (Å²) < 4.78 is 13.5. The van der Waals surface area contributed by atoms with E-state index in [9.17, 15) is 18.8 Å². The number of benzene rings is 3. The molecule has 2 N–H and O–H groups in total. The molecule has 9 heteroatoms. The summed E-state index contributed by atoms with van der Waals surface area (Å²) in [6, 6.07) is 20.3. The average molecular weight is 470 g/mol. The summed E-state index contributed by atoms with van der Waals surface area (Å²) in [7, 11) is 5.81. The molecule has 0 aromatic heterocycles. The van der Waals surface area contributed by atoms with E-state index in [1.54, 1.807) is 34.1 Å². The van der Waals surface area contributed by atoms with E-state index >= 15 is 0 Å². The minimum atomic E-state index is -0.533. The zero-order valence-electron chi connectivity index (χ0n) is 19.0. The lowest BCUT2D eigenvalue weighted by molar-refractivity contribution is -0.131. The van der Waals surface area contributed by atoms with Gasteiger partial charge in [0.15, 0.2) is 0 Å². The van der Waals surface area contributed by atoms with Crippen LogP contribution in [-0.2, 0) is 4.79 Å². The van der Waals surface area contributed by atoms with Crippen LogP contribution in [0.1, 0.15) is 20.7 Å². The summed E-state index contributed by atoms with van der Waals surface area (Å²) in [5.74, 6) is -1.49. The van der Waals surface area contributed by atoms with Gasteiger partial charge < -0.3 is 20.4 Å². The number of nitrogens with zero attached hydrogens (tertiary/aromatic N) is 2. The molecular formula is C26H24BFN4O3. The highest BCUT2D eigenvalue weighted by molar-refractivity contribution is 6.36. The van der Waals surface area contributed by atoms with Crippen molar-refractivity contribution in [3.05, 3.63) is 89.7 Å². The Balaban J connectivity index is 1.24. The van der Waals surface area contributed by atoms with Crippen LogP contribution in [0.25, 0.3) is 0 Å². The van der Waals surface area contributed by atoms with Crippen LogP contribution >= 0.6 is 0 Å². The first-order chi connectivity index (χ1) is 16.9. The maximum atomic E-state index is 13.5. The molecule has 1 fully saturated rings. The predicted molar refractivity (Wildman–Crippen MR) is 133 cm³/mol. The van der Waals surface area contributed by atoms with E-state index in [0.29, 0.717) is 31.7 Å². The van der Waals surface area contributed by atoms with Crippen LogP contribution in [0.5, 0.6) is 0 Å². The van der Waals surface area contributed by atoms with Gasteiger partial charge in [0.25, 0.3) is 11.8 Å². The van der Waals surface area contributed by atoms with Crippen molar-refractivity contribution in [3.8, 4) is 0 Å². The maximum absolute atomic E-state index is 13.5. The summed E-state index contributed by atoms with van der Waals surface area (Å²) in [4.78, 5) is 40.8. The van der Waals surface area contributed by atoms with Crippen LogP contribution in [0.2, 0.25) is 0 Å². The number of amides is 3. The normalized spacial score (nSPS) is 13.3. The maximum Gasteiger partial charge on any atom is 0.253 e. The molecule has 0 saturated carbocycles. The van der Waals surface area contributed by atoms with Gasteiger partial charge in [-0.3, -0.25) is 14.4 Å². The number of carbonyl (C=O) groups excluding carboxylic acids is 3. The molecule has 1 heterocycles. The highest BCUT2D eigenvalue weighted by Gasteiger charge is 2.26. The van der Waals surface area contributed by atoms with E-state index in [4.69, 9.17) is 7.85 Å². The molecule has 0 bridgehead atoms. The second-order valence-electron chi connectivity index (χ2n) is 8.16. The van der Waals surface area contributed by atoms with Crippen molar-refractivity contribution in [2.24, 2.45) is 0 Å². The van der Waals surface area contributed by atoms with Crippen molar-refractivity contribution in [2.75, 3.05) is 38.0 Å². The third-order valence-electron chi connectivity index (χ3n) is 5.78. The summed E-state index contributed by atoms with van der Waals surface area (Å²) in [6.45, 7) is 1.08. The Morgan fingerprint density at radius 3 is 2.14 bits per heavy atom. The lowest BCUT2D eigenvalue weighted by Crippen LogP contribution is -2.53. The van der Waals surface area contributed by atoms with E-state index in [1.165, 1.54) is 12.1 Å². The number of hydrogen-bond donors (Lipinski definition) is 2. The topological polar surface area (TPSA) is 81.8 Å². The molecule has 3 amide bonds. The van der Waals surface area contributed by atoms with Crippen molar-refractivity contribution in [3.63, 3.8) is 0 Å². The number of carbonyl (C=O) groups is 3. The summed E-state index contributed by atoms with van der Waals surface area (Å²) >= 11 is 0. The van der Waals surface area contributed by atoms with Gasteiger partial charge >= 0.3 is 0 Å². The Morgan fingerprint density at radius 1 is 0.829 bits per heavy atom. The summed E-state index contributed by atoms with van der Waals surface area (Å²) in [5, 5.41) is 5.89. The molecule has 1 saturated heterocycles. The Morgan fingerprint density at radius 2 is 1.46 bits per heavy atom. The molecule has 1 aliphatic rings. The fraction of sp³-hybridized carbons (Fsp3) is 0.192. The van der Waals surface area contributed by atoms with Gasteiger partial charge in [-0.1, -0.05) is 29.7 Å². The first-order valence-corrected chi connectivity index (χ1v) is 11.2. The Hall–Kier alpha value is -4.14. The van der Waals surface area contributed by atoms with E-state index < -0.39 is 5.82 Å². The number of rotatable bonds is 6. The van der Waals surface area contributed by atoms with Crippen molar-refractivity contribution in [2.45, 2.75) is 0 Å². The van der Waals surface area contributed by atoms with Crippen LogP contribution in [0.4, 0.5) is 15.8 Å². The monoisotopic (exact) mass is 470 g/mol. The van der Waals surface area contributed by atoms with E-state index in [-0.39, 0.29) is 35.3 Å². The van der Waals surface area contributed by atoms with Gasteiger partial charge in [0.2, 0.25) is 5.91 Å². The number of hydrogen-bond acceptors (Lipinski definition) is 4. The predicted octanol–water partition coefficient (Wildman–Crippen LogP) is 2.08. The molecular weight excluding hydrogens is 446 g/mol. The molecule has 0 spiro atoms. The zero-order chi connectivity index (χ0) is 24.8. The van der Waals surface area contributed by atoms with Crippen molar-refractivity contribution < 1.29 is 18.8 Å². The minimum Gasteiger partial charge on any atom is -0.356 e. The molecule has 1 aliphatic heterocycles. The average Bonchev–Trinajstić information content (AvgIpc) is 2.89. The molecule has 0 unspecified atom stereocenters. The fourth-order valence-electron chi connectivity index (χ4n) is 3.81. The molecule has 176 valence electrons. The molecule has 7 nitrogen and oxygen atoms in total. The summed E-state index contributed by atoms with van der Waals surface area (Å²) in [6.07, 6.45) is 0. The quantitative estimate of drug-likeness (QED) is 0.541. The van der Waals surface area contributed by atoms with Gasteiger partial charge in [0.1, 0.15) is 13.7 Å². The molecule has 0 aliphatic carbocycles. The second-order valence-corrected chi connectivity index (χ2v) is 8.16. The van der Waals surface area contributed by atoms with Gasteiger partial charge in [0, 0.05) is 48.7 Å². The minimum absolute atomic E-state index is 0.113. The van der Waals surface area contributed by atoms with Crippen molar-refractivity contribution in [1.82, 2.24) is 15.1 Å². The lowest BCUT2D eigenvalue weighted by atomic mass is 9.90. The highest BCUT2D eigenvalue weighted by atomic mass is 19.1. The van der Waals surface area contributed by atoms with E-state index in [0.717, 1.165) is 17.4 Å². The van der Waals surface area contributed by atoms with E-state index in [2.05, 4.69) is 10.6 Å². The second kappa shape index (κ2) is 10.9. The van der Waals surface area contributed by atoms with Crippen LogP contribution in [-0.4, -0.2) is 68.1 Å². The van der Waals surface area contributed by atoms with Gasteiger partial charge in [-0.25, -0.2) is 4.39 Å². The van der Waals surface area contributed by atoms with Crippen LogP contribution in [0, 0.1) is 5.82 Å². The Bertz CT molecular complexity index is 1210. The van der Waals surface area contributed by atoms with Crippen LogP contribution in [0.15, 0.2) is 72.8 Å². The van der Waals surface area contributed by atoms with Gasteiger partial charge in [-0.15, -0.1) is 0 Å². The number of anilines is 2. The first kappa shape index (κ1) is 24.0. The third-order valence-corrected chi connectivity index (χ3v) is 5.78. The van der Waals surface area contributed by atoms with Gasteiger partial charge in [-0.2, -0.15) is 0 Å². The largest absolute Gasteiger partial charge is 0.356 e. The number of nitrogens with one attached hydrogen (secondary N) is 2. The zero-order valence-corrected chi connectivity index (χ0v) is 19.0. The van der Waals surface area contributed by atoms with Crippen molar-refractivity contribution in [1.29, 1.82) is 0 Å². The molecule has 0 atom stereocenters. The standard InChI is InChI=1S/C26H24BFN4O3/c27-23-11-8-19(28)16-22(23)26(35)32-14-12-31(13-15-32)24(33)17-29-25(34)18-6-9-21(10-7-18)30-20-4-2-1-3-5-20/h1-11,16,30H,12-15,17H2,(H,29,34). The van der Waals surface area contributed by atoms with Crippen LogP contribution < -0.4 is 16.1 Å². The first-order valence-electron chi connectivity index (χ1n) is 11.2. The number of piperazine rings is 1. The lowest BCUT2D eigenvalue weighted by Gasteiger charge is -2.35. The SMILES string of the molecule is [B]c1ccc(F)cc1C(=O)N1CCN(C(=O)CNC(=O)c2ccc(Nc3ccccc3)cc2)CC1. The molecule has 3 aromatic rings. The Labute approximate surface area is 204 Å². The molecule has 2 radical (unpaired) electrons. The van der Waals surface area contributed by atoms with Gasteiger partial charge in [-0.05, 0) is 48.5 Å². The molecule has 4 rings (SSSR count). The smallest absolute Gasteiger partial charge is 0.253 e. The Kier molecular flexibility index (Phi) is 7.45.